The van der Waals surface area contributed by atoms with Crippen molar-refractivity contribution in [2.24, 2.45) is 11.8 Å². The van der Waals surface area contributed by atoms with E-state index in [1.165, 1.54) is 24.8 Å². The van der Waals surface area contributed by atoms with Crippen LogP contribution in [0.15, 0.2) is 30.3 Å². The summed E-state index contributed by atoms with van der Waals surface area (Å²) in [5, 5.41) is 3.63. The molecule has 1 aromatic carbocycles. The van der Waals surface area contributed by atoms with Gasteiger partial charge in [0.25, 0.3) is 0 Å². The molecule has 19 heavy (non-hydrogen) atoms. The van der Waals surface area contributed by atoms with E-state index in [1.54, 1.807) is 0 Å². The van der Waals surface area contributed by atoms with Gasteiger partial charge in [-0.2, -0.15) is 0 Å². The second kappa shape index (κ2) is 9.14. The van der Waals surface area contributed by atoms with Crippen molar-refractivity contribution in [3.05, 3.63) is 35.9 Å². The smallest absolute Gasteiger partial charge is 0.00202 e. The molecular formula is C18H31N. The maximum absolute atomic E-state index is 3.63. The van der Waals surface area contributed by atoms with Gasteiger partial charge in [-0.3, -0.25) is 0 Å². The van der Waals surface area contributed by atoms with E-state index in [0.717, 1.165) is 24.9 Å². The Kier molecular flexibility index (Phi) is 7.81. The number of hydrogen-bond acceptors (Lipinski definition) is 1. The van der Waals surface area contributed by atoms with E-state index in [0.29, 0.717) is 5.92 Å². The Bertz CT molecular complexity index is 318. The third-order valence-electron chi connectivity index (χ3n) is 3.92. The Morgan fingerprint density at radius 3 is 2.21 bits per heavy atom. The van der Waals surface area contributed by atoms with Gasteiger partial charge >= 0.3 is 0 Å². The Morgan fingerprint density at radius 2 is 1.63 bits per heavy atom. The summed E-state index contributed by atoms with van der Waals surface area (Å²) in [6, 6.07) is 11.0. The molecule has 1 aromatic rings. The normalized spacial score (nSPS) is 14.6. The maximum atomic E-state index is 3.63. The standard InChI is InChI=1S/C18H31N/c1-5-16(4)11-12-18(14-19-13-15(2)3)17-9-7-6-8-10-17/h6-10,15-16,18-19H,5,11-14H2,1-4H3. The summed E-state index contributed by atoms with van der Waals surface area (Å²) in [5.41, 5.74) is 1.49. The summed E-state index contributed by atoms with van der Waals surface area (Å²) in [5.74, 6) is 2.23. The van der Waals surface area contributed by atoms with E-state index in [1.807, 2.05) is 0 Å². The van der Waals surface area contributed by atoms with Gasteiger partial charge in [0.15, 0.2) is 0 Å². The summed E-state index contributed by atoms with van der Waals surface area (Å²) >= 11 is 0. The zero-order valence-electron chi connectivity index (χ0n) is 13.2. The lowest BCUT2D eigenvalue weighted by molar-refractivity contribution is 0.436. The number of hydrogen-bond donors (Lipinski definition) is 1. The predicted molar refractivity (Wildman–Crippen MR) is 85.6 cm³/mol. The van der Waals surface area contributed by atoms with Crippen molar-refractivity contribution in [2.45, 2.75) is 52.9 Å². The second-order valence-electron chi connectivity index (χ2n) is 6.25. The van der Waals surface area contributed by atoms with E-state index in [2.05, 4.69) is 63.3 Å². The molecule has 0 aromatic heterocycles. The van der Waals surface area contributed by atoms with Crippen LogP contribution in [-0.4, -0.2) is 13.1 Å². The van der Waals surface area contributed by atoms with E-state index < -0.39 is 0 Å². The van der Waals surface area contributed by atoms with E-state index in [9.17, 15) is 0 Å². The first-order chi connectivity index (χ1) is 9.13. The maximum Gasteiger partial charge on any atom is 0.00202 e. The third-order valence-corrected chi connectivity index (χ3v) is 3.92. The third kappa shape index (κ3) is 6.77. The first-order valence-electron chi connectivity index (χ1n) is 7.89. The van der Waals surface area contributed by atoms with Crippen molar-refractivity contribution in [2.75, 3.05) is 13.1 Å². The van der Waals surface area contributed by atoms with E-state index in [4.69, 9.17) is 0 Å². The molecule has 0 spiro atoms. The largest absolute Gasteiger partial charge is 0.316 e. The van der Waals surface area contributed by atoms with Gasteiger partial charge in [-0.15, -0.1) is 0 Å². The van der Waals surface area contributed by atoms with E-state index >= 15 is 0 Å². The van der Waals surface area contributed by atoms with E-state index in [-0.39, 0.29) is 0 Å². The van der Waals surface area contributed by atoms with Gasteiger partial charge in [0.2, 0.25) is 0 Å². The number of nitrogens with one attached hydrogen (secondary N) is 1. The molecule has 1 heteroatoms. The molecule has 0 aliphatic heterocycles. The van der Waals surface area contributed by atoms with Crippen LogP contribution in [0.2, 0.25) is 0 Å². The summed E-state index contributed by atoms with van der Waals surface area (Å²) in [6.07, 6.45) is 3.92. The van der Waals surface area contributed by atoms with Crippen LogP contribution in [0.25, 0.3) is 0 Å². The summed E-state index contributed by atoms with van der Waals surface area (Å²) in [7, 11) is 0. The second-order valence-corrected chi connectivity index (χ2v) is 6.25. The minimum absolute atomic E-state index is 0.661. The number of rotatable bonds is 9. The van der Waals surface area contributed by atoms with Crippen LogP contribution in [0.4, 0.5) is 0 Å². The lowest BCUT2D eigenvalue weighted by Crippen LogP contribution is -2.25. The monoisotopic (exact) mass is 261 g/mol. The van der Waals surface area contributed by atoms with Crippen LogP contribution in [0, 0.1) is 11.8 Å². The zero-order valence-corrected chi connectivity index (χ0v) is 13.2. The molecule has 2 unspecified atom stereocenters. The molecule has 1 N–H and O–H groups in total. The molecule has 108 valence electrons. The molecule has 1 rings (SSSR count). The van der Waals surface area contributed by atoms with Crippen molar-refractivity contribution in [1.29, 1.82) is 0 Å². The molecule has 0 radical (unpaired) electrons. The van der Waals surface area contributed by atoms with Gasteiger partial charge in [-0.1, -0.05) is 70.9 Å². The summed E-state index contributed by atoms with van der Waals surface area (Å²) < 4.78 is 0. The molecule has 0 fully saturated rings. The highest BCUT2D eigenvalue weighted by Gasteiger charge is 2.12. The quantitative estimate of drug-likeness (QED) is 0.670. The fourth-order valence-electron chi connectivity index (χ4n) is 2.35. The van der Waals surface area contributed by atoms with Gasteiger partial charge in [-0.05, 0) is 36.3 Å². The lowest BCUT2D eigenvalue weighted by atomic mass is 9.90. The average Bonchev–Trinajstić information content (AvgIpc) is 2.42. The molecule has 0 aliphatic rings. The fraction of sp³-hybridized carbons (Fsp3) is 0.667. The van der Waals surface area contributed by atoms with Crippen molar-refractivity contribution < 1.29 is 0 Å². The molecule has 0 saturated heterocycles. The van der Waals surface area contributed by atoms with Crippen molar-refractivity contribution >= 4 is 0 Å². The Hall–Kier alpha value is -0.820. The van der Waals surface area contributed by atoms with Gasteiger partial charge in [0, 0.05) is 6.54 Å². The first kappa shape index (κ1) is 16.2. The van der Waals surface area contributed by atoms with Crippen molar-refractivity contribution in [1.82, 2.24) is 5.32 Å². The van der Waals surface area contributed by atoms with Gasteiger partial charge in [0.05, 0.1) is 0 Å². The molecule has 1 nitrogen and oxygen atoms in total. The molecule has 0 amide bonds. The van der Waals surface area contributed by atoms with Crippen LogP contribution >= 0.6 is 0 Å². The Balaban J connectivity index is 2.52. The SMILES string of the molecule is CCC(C)CCC(CNCC(C)C)c1ccccc1. The van der Waals surface area contributed by atoms with Crippen LogP contribution in [0.5, 0.6) is 0 Å². The molecule has 0 aliphatic carbocycles. The average molecular weight is 261 g/mol. The minimum atomic E-state index is 0.661. The highest BCUT2D eigenvalue weighted by Crippen LogP contribution is 2.23. The number of benzene rings is 1. The topological polar surface area (TPSA) is 12.0 Å². The highest BCUT2D eigenvalue weighted by atomic mass is 14.9. The van der Waals surface area contributed by atoms with Crippen LogP contribution in [-0.2, 0) is 0 Å². The lowest BCUT2D eigenvalue weighted by Gasteiger charge is -2.20. The van der Waals surface area contributed by atoms with Crippen LogP contribution in [0.3, 0.4) is 0 Å². The van der Waals surface area contributed by atoms with Gasteiger partial charge in [0.1, 0.15) is 0 Å². The molecular weight excluding hydrogens is 230 g/mol. The Labute approximate surface area is 119 Å². The van der Waals surface area contributed by atoms with Crippen molar-refractivity contribution in [3.63, 3.8) is 0 Å². The van der Waals surface area contributed by atoms with Gasteiger partial charge in [-0.25, -0.2) is 0 Å². The minimum Gasteiger partial charge on any atom is -0.316 e. The fourth-order valence-corrected chi connectivity index (χ4v) is 2.35. The molecule has 0 heterocycles. The molecule has 0 bridgehead atoms. The molecule has 0 saturated carbocycles. The van der Waals surface area contributed by atoms with Crippen molar-refractivity contribution in [3.8, 4) is 0 Å². The van der Waals surface area contributed by atoms with Gasteiger partial charge < -0.3 is 5.32 Å². The first-order valence-corrected chi connectivity index (χ1v) is 7.89. The summed E-state index contributed by atoms with van der Waals surface area (Å²) in [4.78, 5) is 0. The summed E-state index contributed by atoms with van der Waals surface area (Å²) in [6.45, 7) is 11.4. The molecule has 2 atom stereocenters. The Morgan fingerprint density at radius 1 is 0.947 bits per heavy atom. The predicted octanol–water partition coefficient (Wildman–Crippen LogP) is 4.84. The van der Waals surface area contributed by atoms with Crippen LogP contribution in [0.1, 0.15) is 58.4 Å². The zero-order chi connectivity index (χ0) is 14.1. The van der Waals surface area contributed by atoms with Crippen LogP contribution < -0.4 is 5.32 Å². The highest BCUT2D eigenvalue weighted by molar-refractivity contribution is 5.19.